The van der Waals surface area contributed by atoms with Crippen LogP contribution in [-0.2, 0) is 16.1 Å². The van der Waals surface area contributed by atoms with Crippen LogP contribution in [0.4, 0.5) is 10.5 Å². The van der Waals surface area contributed by atoms with Crippen molar-refractivity contribution in [1.82, 2.24) is 5.32 Å². The molecule has 2 aromatic carbocycles. The average Bonchev–Trinajstić information content (AvgIpc) is 2.61. The number of hydrogen-bond donors (Lipinski definition) is 2. The minimum atomic E-state index is -0.904. The lowest BCUT2D eigenvalue weighted by atomic mass is 10.2. The third-order valence-electron chi connectivity index (χ3n) is 3.21. The lowest BCUT2D eigenvalue weighted by Gasteiger charge is -2.14. The summed E-state index contributed by atoms with van der Waals surface area (Å²) >= 11 is 0. The molecule has 6 nitrogen and oxygen atoms in total. The van der Waals surface area contributed by atoms with E-state index in [2.05, 4.69) is 10.6 Å². The number of hydrogen-bond acceptors (Lipinski definition) is 4. The number of nitrogens with one attached hydrogen (secondary N) is 2. The van der Waals surface area contributed by atoms with Gasteiger partial charge in [0.1, 0.15) is 12.4 Å². The van der Waals surface area contributed by atoms with E-state index in [1.54, 1.807) is 18.2 Å². The molecule has 2 aromatic rings. The third kappa shape index (κ3) is 5.31. The van der Waals surface area contributed by atoms with Gasteiger partial charge in [-0.05, 0) is 24.6 Å². The van der Waals surface area contributed by atoms with Crippen molar-refractivity contribution in [2.45, 2.75) is 19.6 Å². The number of benzene rings is 2. The molecular formula is C18H20N2O4. The highest BCUT2D eigenvalue weighted by atomic mass is 16.6. The van der Waals surface area contributed by atoms with Crippen LogP contribution in [0.5, 0.6) is 5.75 Å². The molecule has 1 atom stereocenters. The van der Waals surface area contributed by atoms with Crippen LogP contribution in [0.15, 0.2) is 54.6 Å². The Morgan fingerprint density at radius 3 is 2.54 bits per heavy atom. The average molecular weight is 328 g/mol. The normalized spacial score (nSPS) is 11.2. The molecule has 0 fully saturated rings. The first-order valence-electron chi connectivity index (χ1n) is 7.54. The van der Waals surface area contributed by atoms with Gasteiger partial charge in [0.05, 0.1) is 0 Å². The van der Waals surface area contributed by atoms with Crippen LogP contribution in [-0.4, -0.2) is 25.2 Å². The first kappa shape index (κ1) is 17.3. The van der Waals surface area contributed by atoms with Crippen molar-refractivity contribution < 1.29 is 19.1 Å². The fraction of sp³-hybridized carbons (Fsp3) is 0.222. The molecule has 0 aliphatic rings. The van der Waals surface area contributed by atoms with Gasteiger partial charge in [-0.15, -0.1) is 0 Å². The van der Waals surface area contributed by atoms with Crippen LogP contribution >= 0.6 is 0 Å². The van der Waals surface area contributed by atoms with Crippen LogP contribution in [0.1, 0.15) is 12.5 Å². The number of ether oxygens (including phenoxy) is 2. The molecule has 2 rings (SSSR count). The Morgan fingerprint density at radius 1 is 1.08 bits per heavy atom. The molecule has 24 heavy (non-hydrogen) atoms. The molecule has 0 radical (unpaired) electrons. The summed E-state index contributed by atoms with van der Waals surface area (Å²) in [4.78, 5) is 23.1. The van der Waals surface area contributed by atoms with E-state index in [1.165, 1.54) is 14.0 Å². The highest BCUT2D eigenvalue weighted by molar-refractivity contribution is 5.95. The van der Waals surface area contributed by atoms with Gasteiger partial charge < -0.3 is 20.1 Å². The van der Waals surface area contributed by atoms with Crippen molar-refractivity contribution in [1.29, 1.82) is 0 Å². The molecule has 6 heteroatoms. The second-order valence-electron chi connectivity index (χ2n) is 5.09. The van der Waals surface area contributed by atoms with Gasteiger partial charge >= 0.3 is 6.09 Å². The van der Waals surface area contributed by atoms with Crippen molar-refractivity contribution in [3.63, 3.8) is 0 Å². The van der Waals surface area contributed by atoms with Crippen molar-refractivity contribution in [2.24, 2.45) is 0 Å². The second kappa shape index (κ2) is 8.57. The molecule has 0 aliphatic heterocycles. The Bertz CT molecular complexity index is 688. The minimum Gasteiger partial charge on any atom is -0.489 e. The molecule has 1 unspecified atom stereocenters. The summed E-state index contributed by atoms with van der Waals surface area (Å²) in [7, 11) is 1.43. The number of carbonyl (C=O) groups is 2. The van der Waals surface area contributed by atoms with Crippen LogP contribution in [0.25, 0.3) is 0 Å². The van der Waals surface area contributed by atoms with E-state index in [0.29, 0.717) is 18.0 Å². The van der Waals surface area contributed by atoms with E-state index < -0.39 is 18.1 Å². The second-order valence-corrected chi connectivity index (χ2v) is 5.09. The predicted octanol–water partition coefficient (Wildman–Crippen LogP) is 2.95. The fourth-order valence-electron chi connectivity index (χ4n) is 1.92. The zero-order valence-electron chi connectivity index (χ0n) is 13.6. The molecule has 0 saturated carbocycles. The Kier molecular flexibility index (Phi) is 6.19. The molecule has 2 amide bonds. The zero-order valence-corrected chi connectivity index (χ0v) is 13.6. The van der Waals surface area contributed by atoms with E-state index in [1.807, 2.05) is 36.4 Å². The van der Waals surface area contributed by atoms with Gasteiger partial charge in [0.15, 0.2) is 6.10 Å². The molecule has 0 saturated heterocycles. The Morgan fingerprint density at radius 2 is 1.83 bits per heavy atom. The summed E-state index contributed by atoms with van der Waals surface area (Å²) in [5, 5.41) is 4.98. The van der Waals surface area contributed by atoms with Crippen molar-refractivity contribution in [3.8, 4) is 5.75 Å². The van der Waals surface area contributed by atoms with E-state index in [-0.39, 0.29) is 0 Å². The highest BCUT2D eigenvalue weighted by Crippen LogP contribution is 2.19. The van der Waals surface area contributed by atoms with Crippen LogP contribution in [0.3, 0.4) is 0 Å². The zero-order chi connectivity index (χ0) is 17.4. The molecule has 0 aliphatic carbocycles. The SMILES string of the molecule is CNC(=O)OC(C)C(=O)Nc1cccc(OCc2ccccc2)c1. The maximum atomic E-state index is 12.0. The molecule has 0 aromatic heterocycles. The Hall–Kier alpha value is -3.02. The Balaban J connectivity index is 1.92. The summed E-state index contributed by atoms with van der Waals surface area (Å²) in [6, 6.07) is 16.8. The highest BCUT2D eigenvalue weighted by Gasteiger charge is 2.17. The van der Waals surface area contributed by atoms with Crippen LogP contribution in [0, 0.1) is 0 Å². The lowest BCUT2D eigenvalue weighted by Crippen LogP contribution is -2.33. The maximum Gasteiger partial charge on any atom is 0.407 e. The molecular weight excluding hydrogens is 308 g/mol. The predicted molar refractivity (Wildman–Crippen MR) is 90.8 cm³/mol. The molecule has 126 valence electrons. The Labute approximate surface area is 140 Å². The number of anilines is 1. The van der Waals surface area contributed by atoms with Gasteiger partial charge in [0.2, 0.25) is 0 Å². The maximum absolute atomic E-state index is 12.0. The topological polar surface area (TPSA) is 76.7 Å². The van der Waals surface area contributed by atoms with Crippen LogP contribution in [0.2, 0.25) is 0 Å². The van der Waals surface area contributed by atoms with Gasteiger partial charge in [0.25, 0.3) is 5.91 Å². The summed E-state index contributed by atoms with van der Waals surface area (Å²) in [5.41, 5.74) is 1.62. The van der Waals surface area contributed by atoms with Crippen molar-refractivity contribution in [3.05, 3.63) is 60.2 Å². The minimum absolute atomic E-state index is 0.418. The summed E-state index contributed by atoms with van der Waals surface area (Å²) < 4.78 is 10.6. The lowest BCUT2D eigenvalue weighted by molar-refractivity contribution is -0.123. The number of rotatable bonds is 6. The smallest absolute Gasteiger partial charge is 0.407 e. The molecule has 0 bridgehead atoms. The standard InChI is InChI=1S/C18H20N2O4/c1-13(24-18(22)19-2)17(21)20-15-9-6-10-16(11-15)23-12-14-7-4-3-5-8-14/h3-11,13H,12H2,1-2H3,(H,19,22)(H,20,21). The van der Waals surface area contributed by atoms with Crippen molar-refractivity contribution in [2.75, 3.05) is 12.4 Å². The van der Waals surface area contributed by atoms with Gasteiger partial charge in [0, 0.05) is 18.8 Å². The quantitative estimate of drug-likeness (QED) is 0.855. The van der Waals surface area contributed by atoms with E-state index in [4.69, 9.17) is 9.47 Å². The van der Waals surface area contributed by atoms with Gasteiger partial charge in [-0.3, -0.25) is 4.79 Å². The van der Waals surface area contributed by atoms with E-state index in [0.717, 1.165) is 5.56 Å². The monoisotopic (exact) mass is 328 g/mol. The van der Waals surface area contributed by atoms with E-state index in [9.17, 15) is 9.59 Å². The first-order valence-corrected chi connectivity index (χ1v) is 7.54. The summed E-state index contributed by atoms with van der Waals surface area (Å²) in [6.45, 7) is 1.94. The summed E-state index contributed by atoms with van der Waals surface area (Å²) in [6.07, 6.45) is -1.56. The molecule has 0 spiro atoms. The molecule has 2 N–H and O–H groups in total. The summed E-state index contributed by atoms with van der Waals surface area (Å²) in [5.74, 6) is 0.218. The third-order valence-corrected chi connectivity index (χ3v) is 3.21. The van der Waals surface area contributed by atoms with Gasteiger partial charge in [-0.25, -0.2) is 4.79 Å². The number of carbonyl (C=O) groups excluding carboxylic acids is 2. The van der Waals surface area contributed by atoms with Gasteiger partial charge in [-0.1, -0.05) is 36.4 Å². The van der Waals surface area contributed by atoms with Crippen molar-refractivity contribution >= 4 is 17.7 Å². The fourth-order valence-corrected chi connectivity index (χ4v) is 1.92. The number of alkyl carbamates (subject to hydrolysis) is 1. The van der Waals surface area contributed by atoms with Gasteiger partial charge in [-0.2, -0.15) is 0 Å². The van der Waals surface area contributed by atoms with E-state index >= 15 is 0 Å². The first-order chi connectivity index (χ1) is 11.6. The number of amides is 2. The van der Waals surface area contributed by atoms with Crippen LogP contribution < -0.4 is 15.4 Å². The molecule has 0 heterocycles. The largest absolute Gasteiger partial charge is 0.489 e.